The molecule has 1 saturated heterocycles. The number of hydrogen-bond donors (Lipinski definition) is 1. The van der Waals surface area contributed by atoms with Crippen LogP contribution in [0.15, 0.2) is 54.1 Å². The summed E-state index contributed by atoms with van der Waals surface area (Å²) in [6.07, 6.45) is 2.43. The summed E-state index contributed by atoms with van der Waals surface area (Å²) >= 11 is 1.16. The number of sulfonamides is 1. The second kappa shape index (κ2) is 12.2. The number of hydrogen-bond acceptors (Lipinski definition) is 8. The Morgan fingerprint density at radius 2 is 1.94 bits per heavy atom. The monoisotopic (exact) mass is 491 g/mol. The molecule has 1 N–H and O–H groups in total. The lowest BCUT2D eigenvalue weighted by Gasteiger charge is -2.26. The van der Waals surface area contributed by atoms with Crippen LogP contribution in [0, 0.1) is 0 Å². The molecule has 178 valence electrons. The van der Waals surface area contributed by atoms with Crippen molar-refractivity contribution >= 4 is 38.3 Å². The van der Waals surface area contributed by atoms with Crippen LogP contribution in [-0.2, 0) is 19.6 Å². The third kappa shape index (κ3) is 8.15. The highest BCUT2D eigenvalue weighted by molar-refractivity contribution is 8.13. The molecule has 2 aromatic rings. The number of thioether (sulfide) groups is 1. The van der Waals surface area contributed by atoms with E-state index in [0.717, 1.165) is 62.2 Å². The maximum atomic E-state index is 12.7. The van der Waals surface area contributed by atoms with Gasteiger partial charge in [0.15, 0.2) is 5.12 Å². The van der Waals surface area contributed by atoms with Gasteiger partial charge >= 0.3 is 0 Å². The maximum absolute atomic E-state index is 12.7. The fraction of sp³-hybridized carbons (Fsp3) is 0.391. The average molecular weight is 492 g/mol. The molecule has 0 spiro atoms. The van der Waals surface area contributed by atoms with Crippen LogP contribution >= 0.6 is 11.8 Å². The largest absolute Gasteiger partial charge is 0.494 e. The molecule has 0 saturated carbocycles. The van der Waals surface area contributed by atoms with Gasteiger partial charge in [-0.15, -0.1) is 0 Å². The maximum Gasteiger partial charge on any atom is 0.263 e. The van der Waals surface area contributed by atoms with E-state index in [9.17, 15) is 13.2 Å². The van der Waals surface area contributed by atoms with Crippen molar-refractivity contribution in [3.05, 3.63) is 54.7 Å². The van der Waals surface area contributed by atoms with E-state index in [4.69, 9.17) is 9.47 Å². The first kappa shape index (κ1) is 25.2. The lowest BCUT2D eigenvalue weighted by atomic mass is 10.1. The Hall–Kier alpha value is -2.40. The number of aromatic nitrogens is 1. The fourth-order valence-electron chi connectivity index (χ4n) is 3.15. The molecule has 1 aromatic heterocycles. The molecule has 0 radical (unpaired) electrons. The highest BCUT2D eigenvalue weighted by atomic mass is 32.2. The molecule has 0 aliphatic carbocycles. The van der Waals surface area contributed by atoms with Crippen molar-refractivity contribution in [3.63, 3.8) is 0 Å². The average Bonchev–Trinajstić information content (AvgIpc) is 2.81. The number of ether oxygens (including phenoxy) is 2. The third-order valence-electron chi connectivity index (χ3n) is 4.99. The van der Waals surface area contributed by atoms with Gasteiger partial charge in [-0.2, -0.15) is 0 Å². The first-order chi connectivity index (χ1) is 15.8. The molecule has 2 heterocycles. The Morgan fingerprint density at radius 1 is 1.21 bits per heavy atom. The number of nitrogens with one attached hydrogen (secondary N) is 1. The molecule has 0 atom stereocenters. The number of anilines is 1. The van der Waals surface area contributed by atoms with Gasteiger partial charge in [0, 0.05) is 38.5 Å². The number of rotatable bonds is 11. The summed E-state index contributed by atoms with van der Waals surface area (Å²) in [4.78, 5) is 17.7. The predicted molar refractivity (Wildman–Crippen MR) is 131 cm³/mol. The van der Waals surface area contributed by atoms with Crippen LogP contribution in [0.25, 0.3) is 5.57 Å². The third-order valence-corrected chi connectivity index (χ3v) is 7.26. The van der Waals surface area contributed by atoms with Crippen LogP contribution in [0.4, 0.5) is 5.82 Å². The summed E-state index contributed by atoms with van der Waals surface area (Å²) in [6, 6.07) is 9.61. The van der Waals surface area contributed by atoms with Crippen molar-refractivity contribution in [1.82, 2.24) is 9.88 Å². The highest BCUT2D eigenvalue weighted by Gasteiger charge is 2.15. The van der Waals surface area contributed by atoms with Gasteiger partial charge in [-0.25, -0.2) is 13.4 Å². The zero-order chi connectivity index (χ0) is 23.7. The molecule has 1 fully saturated rings. The summed E-state index contributed by atoms with van der Waals surface area (Å²) in [5.74, 6) is 1.29. The minimum atomic E-state index is -3.78. The van der Waals surface area contributed by atoms with Crippen LogP contribution in [0.3, 0.4) is 0 Å². The van der Waals surface area contributed by atoms with Crippen LogP contribution in [-0.4, -0.2) is 68.6 Å². The van der Waals surface area contributed by atoms with Crippen molar-refractivity contribution in [2.75, 3.05) is 49.9 Å². The minimum Gasteiger partial charge on any atom is -0.494 e. The molecule has 8 nitrogen and oxygen atoms in total. The molecule has 3 rings (SSSR count). The van der Waals surface area contributed by atoms with E-state index in [2.05, 4.69) is 21.2 Å². The van der Waals surface area contributed by atoms with Gasteiger partial charge in [0.25, 0.3) is 10.0 Å². The Morgan fingerprint density at radius 3 is 2.58 bits per heavy atom. The van der Waals surface area contributed by atoms with Gasteiger partial charge in [-0.05, 0) is 54.0 Å². The van der Waals surface area contributed by atoms with Crippen molar-refractivity contribution in [1.29, 1.82) is 0 Å². The predicted octanol–water partition coefficient (Wildman–Crippen LogP) is 3.28. The van der Waals surface area contributed by atoms with E-state index in [0.29, 0.717) is 18.1 Å². The van der Waals surface area contributed by atoms with Crippen LogP contribution in [0.1, 0.15) is 18.9 Å². The molecular formula is C23H29N3O5S2. The number of pyridine rings is 1. The molecule has 33 heavy (non-hydrogen) atoms. The minimum absolute atomic E-state index is 0.0119. The van der Waals surface area contributed by atoms with Crippen molar-refractivity contribution < 1.29 is 22.7 Å². The van der Waals surface area contributed by atoms with Crippen molar-refractivity contribution in [2.45, 2.75) is 18.2 Å². The second-order valence-electron chi connectivity index (χ2n) is 7.55. The van der Waals surface area contributed by atoms with Gasteiger partial charge in [-0.3, -0.25) is 14.4 Å². The Bertz CT molecular complexity index is 1030. The second-order valence-corrected chi connectivity index (χ2v) is 10.4. The standard InChI is InChI=1S/C23H29N3O5S2/c1-18(17-32-19(2)27)20-4-9-23(24-16-20)25-33(28,29)22-7-5-21(6-8-22)31-13-3-10-26-11-14-30-15-12-26/h4-9,16H,1,3,10-15,17H2,2H3,(H,24,25). The summed E-state index contributed by atoms with van der Waals surface area (Å²) in [5, 5.41) is 0.0119. The van der Waals surface area contributed by atoms with E-state index in [1.807, 2.05) is 0 Å². The fourth-order valence-corrected chi connectivity index (χ4v) is 4.70. The number of carbonyl (C=O) groups is 1. The number of benzene rings is 1. The van der Waals surface area contributed by atoms with Gasteiger partial charge in [-0.1, -0.05) is 18.3 Å². The van der Waals surface area contributed by atoms with E-state index in [-0.39, 0.29) is 15.8 Å². The zero-order valence-corrected chi connectivity index (χ0v) is 20.3. The molecule has 1 aromatic carbocycles. The normalized spacial score (nSPS) is 14.6. The van der Waals surface area contributed by atoms with Crippen molar-refractivity contribution in [3.8, 4) is 5.75 Å². The quantitative estimate of drug-likeness (QED) is 0.478. The van der Waals surface area contributed by atoms with Gasteiger partial charge < -0.3 is 9.47 Å². The lowest BCUT2D eigenvalue weighted by Crippen LogP contribution is -2.37. The van der Waals surface area contributed by atoms with Crippen LogP contribution in [0.5, 0.6) is 5.75 Å². The topological polar surface area (TPSA) is 97.8 Å². The lowest BCUT2D eigenvalue weighted by molar-refractivity contribution is -0.109. The smallest absolute Gasteiger partial charge is 0.263 e. The van der Waals surface area contributed by atoms with Gasteiger partial charge in [0.05, 0.1) is 24.7 Å². The number of morpholine rings is 1. The summed E-state index contributed by atoms with van der Waals surface area (Å²) < 4.78 is 38.9. The van der Waals surface area contributed by atoms with Crippen molar-refractivity contribution in [2.24, 2.45) is 0 Å². The Labute approximate surface area is 199 Å². The molecule has 1 aliphatic rings. The molecule has 0 unspecified atom stereocenters. The van der Waals surface area contributed by atoms with Gasteiger partial charge in [0.2, 0.25) is 0 Å². The van der Waals surface area contributed by atoms with E-state index in [1.54, 1.807) is 24.3 Å². The summed E-state index contributed by atoms with van der Waals surface area (Å²) in [7, 11) is -3.78. The molecule has 1 aliphatic heterocycles. The van der Waals surface area contributed by atoms with E-state index >= 15 is 0 Å². The Kier molecular flexibility index (Phi) is 9.30. The SMILES string of the molecule is C=C(CSC(C)=O)c1ccc(NS(=O)(=O)c2ccc(OCCCN3CCOCC3)cc2)nc1. The number of nitrogens with zero attached hydrogens (tertiary/aromatic N) is 2. The van der Waals surface area contributed by atoms with Crippen LogP contribution in [0.2, 0.25) is 0 Å². The molecule has 0 amide bonds. The highest BCUT2D eigenvalue weighted by Crippen LogP contribution is 2.21. The van der Waals surface area contributed by atoms with E-state index < -0.39 is 10.0 Å². The summed E-state index contributed by atoms with van der Waals surface area (Å²) in [6.45, 7) is 10.4. The number of carbonyl (C=O) groups excluding carboxylic acids is 1. The first-order valence-electron chi connectivity index (χ1n) is 10.7. The van der Waals surface area contributed by atoms with Crippen LogP contribution < -0.4 is 9.46 Å². The summed E-state index contributed by atoms with van der Waals surface area (Å²) in [5.41, 5.74) is 1.50. The van der Waals surface area contributed by atoms with Gasteiger partial charge in [0.1, 0.15) is 11.6 Å². The Balaban J connectivity index is 1.49. The van der Waals surface area contributed by atoms with E-state index in [1.165, 1.54) is 25.3 Å². The molecule has 0 bridgehead atoms. The zero-order valence-electron chi connectivity index (χ0n) is 18.7. The molecular weight excluding hydrogens is 462 g/mol. The molecule has 10 heteroatoms. The first-order valence-corrected chi connectivity index (χ1v) is 13.1.